The van der Waals surface area contributed by atoms with Gasteiger partial charge in [-0.25, -0.2) is 8.42 Å². The van der Waals surface area contributed by atoms with Gasteiger partial charge in [0.15, 0.2) is 0 Å². The van der Waals surface area contributed by atoms with Crippen molar-refractivity contribution in [2.75, 3.05) is 20.1 Å². The molecular weight excluding hydrogens is 252 g/mol. The molecule has 0 aromatic carbocycles. The predicted molar refractivity (Wildman–Crippen MR) is 70.7 cm³/mol. The number of nitrogens with one attached hydrogen (secondary N) is 2. The Hall–Kier alpha value is -1.18. The second-order valence-corrected chi connectivity index (χ2v) is 5.96. The number of aromatic amines is 1. The Morgan fingerprint density at radius 1 is 1.56 bits per heavy atom. The maximum absolute atomic E-state index is 12.4. The minimum Gasteiger partial charge on any atom is -0.311 e. The number of rotatable bonds is 7. The molecule has 2 N–H and O–H groups in total. The highest BCUT2D eigenvalue weighted by Crippen LogP contribution is 2.21. The zero-order chi connectivity index (χ0) is 13.8. The zero-order valence-electron chi connectivity index (χ0n) is 11.0. The van der Waals surface area contributed by atoms with E-state index in [1.165, 1.54) is 11.4 Å². The third-order valence-corrected chi connectivity index (χ3v) is 4.59. The molecule has 7 heteroatoms. The van der Waals surface area contributed by atoms with Crippen molar-refractivity contribution in [2.24, 2.45) is 0 Å². The first-order valence-corrected chi connectivity index (χ1v) is 7.21. The molecule has 0 radical (unpaired) electrons. The number of likely N-dealkylation sites (N-methyl/N-ethyl adjacent to an activating group) is 1. The Labute approximate surface area is 108 Å². The fourth-order valence-electron chi connectivity index (χ4n) is 1.61. The van der Waals surface area contributed by atoms with Crippen LogP contribution in [0.5, 0.6) is 0 Å². The van der Waals surface area contributed by atoms with Crippen molar-refractivity contribution in [3.8, 4) is 0 Å². The molecule has 6 nitrogen and oxygen atoms in total. The van der Waals surface area contributed by atoms with Crippen molar-refractivity contribution in [1.82, 2.24) is 19.8 Å². The zero-order valence-corrected chi connectivity index (χ0v) is 11.8. The summed E-state index contributed by atoms with van der Waals surface area (Å²) in [5.41, 5.74) is 1.07. The van der Waals surface area contributed by atoms with Gasteiger partial charge >= 0.3 is 0 Å². The number of aromatic nitrogens is 2. The number of aryl methyl sites for hydroxylation is 1. The lowest BCUT2D eigenvalue weighted by Crippen LogP contribution is -2.28. The Bertz CT molecular complexity index is 507. The van der Waals surface area contributed by atoms with Crippen LogP contribution in [0.15, 0.2) is 17.6 Å². The minimum atomic E-state index is -3.52. The Kier molecular flexibility index (Phi) is 5.06. The number of sulfonamides is 1. The molecule has 0 amide bonds. The van der Waals surface area contributed by atoms with E-state index in [1.807, 2.05) is 6.92 Å². The van der Waals surface area contributed by atoms with Crippen molar-refractivity contribution in [3.63, 3.8) is 0 Å². The van der Waals surface area contributed by atoms with Gasteiger partial charge in [-0.1, -0.05) is 13.0 Å². The molecule has 0 aliphatic carbocycles. The van der Waals surface area contributed by atoms with Crippen LogP contribution >= 0.6 is 0 Å². The van der Waals surface area contributed by atoms with Gasteiger partial charge in [0.25, 0.3) is 0 Å². The molecule has 0 atom stereocenters. The number of hydrogen-bond donors (Lipinski definition) is 2. The lowest BCUT2D eigenvalue weighted by atomic mass is 10.3. The Morgan fingerprint density at radius 3 is 2.78 bits per heavy atom. The summed E-state index contributed by atoms with van der Waals surface area (Å²) in [4.78, 5) is 0.257. The molecule has 1 aromatic rings. The number of nitrogens with zero attached hydrogens (tertiary/aromatic N) is 2. The van der Waals surface area contributed by atoms with Crippen LogP contribution in [0.3, 0.4) is 0 Å². The lowest BCUT2D eigenvalue weighted by molar-refractivity contribution is 0.497. The highest BCUT2D eigenvalue weighted by atomic mass is 32.2. The van der Waals surface area contributed by atoms with E-state index in [-0.39, 0.29) is 11.4 Å². The van der Waals surface area contributed by atoms with Gasteiger partial charge in [-0.15, -0.1) is 6.58 Å². The molecule has 102 valence electrons. The topological polar surface area (TPSA) is 78.1 Å². The number of H-pyrrole nitrogens is 1. The lowest BCUT2D eigenvalue weighted by Gasteiger charge is -2.15. The highest BCUT2D eigenvalue weighted by Gasteiger charge is 2.27. The minimum absolute atomic E-state index is 0.257. The molecule has 0 aliphatic rings. The van der Waals surface area contributed by atoms with Gasteiger partial charge in [-0.05, 0) is 13.5 Å². The van der Waals surface area contributed by atoms with Crippen LogP contribution < -0.4 is 5.32 Å². The second-order valence-electron chi connectivity index (χ2n) is 3.98. The maximum atomic E-state index is 12.4. The first-order chi connectivity index (χ1) is 8.45. The van der Waals surface area contributed by atoms with Gasteiger partial charge in [0.1, 0.15) is 4.90 Å². The monoisotopic (exact) mass is 272 g/mol. The molecule has 1 heterocycles. The maximum Gasteiger partial charge on any atom is 0.246 e. The molecule has 0 saturated carbocycles. The molecule has 0 unspecified atom stereocenters. The van der Waals surface area contributed by atoms with E-state index < -0.39 is 10.0 Å². The van der Waals surface area contributed by atoms with Crippen LogP contribution in [0.1, 0.15) is 18.3 Å². The summed E-state index contributed by atoms with van der Waals surface area (Å²) in [5, 5.41) is 9.85. The van der Waals surface area contributed by atoms with E-state index in [1.54, 1.807) is 13.0 Å². The van der Waals surface area contributed by atoms with Gasteiger partial charge in [0.05, 0.1) is 11.4 Å². The largest absolute Gasteiger partial charge is 0.311 e. The van der Waals surface area contributed by atoms with Gasteiger partial charge in [0, 0.05) is 20.1 Å². The van der Waals surface area contributed by atoms with Crippen molar-refractivity contribution < 1.29 is 8.42 Å². The van der Waals surface area contributed by atoms with Crippen molar-refractivity contribution in [2.45, 2.75) is 25.3 Å². The van der Waals surface area contributed by atoms with Crippen LogP contribution in [0, 0.1) is 6.92 Å². The summed E-state index contributed by atoms with van der Waals surface area (Å²) < 4.78 is 26.0. The standard InChI is InChI=1S/C11H20N4O2S/c1-5-7-15(4)18(16,17)11-9(3)13-14-10(11)8-12-6-2/h5,12H,1,6-8H2,2-4H3,(H,13,14). The molecular formula is C11H20N4O2S. The molecule has 0 saturated heterocycles. The molecule has 1 rings (SSSR count). The summed E-state index contributed by atoms with van der Waals surface area (Å²) in [6.07, 6.45) is 1.55. The predicted octanol–water partition coefficient (Wildman–Crippen LogP) is 0.634. The smallest absolute Gasteiger partial charge is 0.246 e. The van der Waals surface area contributed by atoms with Crippen LogP contribution in [0.4, 0.5) is 0 Å². The normalized spacial score (nSPS) is 12.0. The van der Waals surface area contributed by atoms with Crippen LogP contribution in [0.2, 0.25) is 0 Å². The summed E-state index contributed by atoms with van der Waals surface area (Å²) >= 11 is 0. The van der Waals surface area contributed by atoms with Gasteiger partial charge in [0.2, 0.25) is 10.0 Å². The van der Waals surface area contributed by atoms with Crippen molar-refractivity contribution >= 4 is 10.0 Å². The Balaban J connectivity index is 3.14. The quantitative estimate of drug-likeness (QED) is 0.714. The van der Waals surface area contributed by atoms with Gasteiger partial charge in [-0.2, -0.15) is 9.40 Å². The van der Waals surface area contributed by atoms with Crippen LogP contribution in [-0.4, -0.2) is 43.1 Å². The van der Waals surface area contributed by atoms with E-state index in [0.29, 0.717) is 17.9 Å². The Morgan fingerprint density at radius 2 is 2.22 bits per heavy atom. The summed E-state index contributed by atoms with van der Waals surface area (Å²) in [5.74, 6) is 0. The van der Waals surface area contributed by atoms with Crippen molar-refractivity contribution in [3.05, 3.63) is 24.0 Å². The molecule has 0 aliphatic heterocycles. The number of hydrogen-bond acceptors (Lipinski definition) is 4. The average molecular weight is 272 g/mol. The van der Waals surface area contributed by atoms with E-state index in [4.69, 9.17) is 0 Å². The van der Waals surface area contributed by atoms with Crippen LogP contribution in [0.25, 0.3) is 0 Å². The third kappa shape index (κ3) is 2.98. The first kappa shape index (κ1) is 14.9. The fraction of sp³-hybridized carbons (Fsp3) is 0.545. The molecule has 0 bridgehead atoms. The van der Waals surface area contributed by atoms with Crippen LogP contribution in [-0.2, 0) is 16.6 Å². The fourth-order valence-corrected chi connectivity index (χ4v) is 3.07. The van der Waals surface area contributed by atoms with E-state index in [2.05, 4.69) is 22.1 Å². The average Bonchev–Trinajstić information content (AvgIpc) is 2.68. The highest BCUT2D eigenvalue weighted by molar-refractivity contribution is 7.89. The van der Waals surface area contributed by atoms with Gasteiger partial charge in [-0.3, -0.25) is 5.10 Å². The first-order valence-electron chi connectivity index (χ1n) is 5.76. The SMILES string of the molecule is C=CCN(C)S(=O)(=O)c1c(CNCC)n[nH]c1C. The van der Waals surface area contributed by atoms with E-state index >= 15 is 0 Å². The third-order valence-electron chi connectivity index (χ3n) is 2.56. The second kappa shape index (κ2) is 6.12. The molecule has 1 aromatic heterocycles. The molecule has 0 spiro atoms. The van der Waals surface area contributed by atoms with Gasteiger partial charge < -0.3 is 5.32 Å². The molecule has 18 heavy (non-hydrogen) atoms. The van der Waals surface area contributed by atoms with E-state index in [0.717, 1.165) is 6.54 Å². The van der Waals surface area contributed by atoms with Crippen molar-refractivity contribution in [1.29, 1.82) is 0 Å². The summed E-state index contributed by atoms with van der Waals surface area (Å²) in [6.45, 7) is 8.67. The van der Waals surface area contributed by atoms with E-state index in [9.17, 15) is 8.42 Å². The summed E-state index contributed by atoms with van der Waals surface area (Å²) in [6, 6.07) is 0. The molecule has 0 fully saturated rings. The summed E-state index contributed by atoms with van der Waals surface area (Å²) in [7, 11) is -1.99.